The molecule has 0 bridgehead atoms. The van der Waals surface area contributed by atoms with Crippen LogP contribution in [0.1, 0.15) is 26.9 Å². The zero-order valence-corrected chi connectivity index (χ0v) is 13.5. The molecule has 0 radical (unpaired) electrons. The van der Waals surface area contributed by atoms with Crippen molar-refractivity contribution in [2.75, 3.05) is 13.2 Å². The number of fused-ring (bicyclic) bond motifs is 1. The van der Waals surface area contributed by atoms with Crippen LogP contribution >= 0.6 is 27.3 Å². The van der Waals surface area contributed by atoms with E-state index in [1.165, 1.54) is 11.3 Å². The molecule has 2 N–H and O–H groups in total. The van der Waals surface area contributed by atoms with Gasteiger partial charge in [0.1, 0.15) is 5.75 Å². The molecule has 0 spiro atoms. The number of aliphatic hydroxyl groups excluding tert-OH is 1. The Morgan fingerprint density at radius 2 is 2.33 bits per heavy atom. The fourth-order valence-electron chi connectivity index (χ4n) is 2.24. The summed E-state index contributed by atoms with van der Waals surface area (Å²) >= 11 is 4.68. The molecule has 1 aromatic heterocycles. The van der Waals surface area contributed by atoms with Crippen molar-refractivity contribution in [3.63, 3.8) is 0 Å². The molecule has 1 aromatic carbocycles. The molecule has 21 heavy (non-hydrogen) atoms. The van der Waals surface area contributed by atoms with Crippen molar-refractivity contribution >= 4 is 33.2 Å². The van der Waals surface area contributed by atoms with Crippen LogP contribution in [0.2, 0.25) is 0 Å². The second kappa shape index (κ2) is 6.17. The van der Waals surface area contributed by atoms with Gasteiger partial charge in [-0.1, -0.05) is 6.07 Å². The first-order chi connectivity index (χ1) is 10.1. The molecule has 0 saturated heterocycles. The lowest BCUT2D eigenvalue weighted by molar-refractivity contribution is 0.0920. The van der Waals surface area contributed by atoms with Crippen molar-refractivity contribution in [2.45, 2.75) is 12.5 Å². The zero-order chi connectivity index (χ0) is 14.8. The lowest BCUT2D eigenvalue weighted by atomic mass is 10.0. The number of hydrogen-bond donors (Lipinski definition) is 2. The molecule has 110 valence electrons. The average Bonchev–Trinajstić information content (AvgIpc) is 3.12. The number of halogens is 1. The van der Waals surface area contributed by atoms with Gasteiger partial charge in [-0.15, -0.1) is 11.3 Å². The van der Waals surface area contributed by atoms with Gasteiger partial charge in [0.25, 0.3) is 5.91 Å². The van der Waals surface area contributed by atoms with Crippen LogP contribution in [-0.2, 0) is 6.42 Å². The van der Waals surface area contributed by atoms with Gasteiger partial charge < -0.3 is 15.2 Å². The van der Waals surface area contributed by atoms with E-state index >= 15 is 0 Å². The molecule has 1 amide bonds. The average molecular weight is 368 g/mol. The summed E-state index contributed by atoms with van der Waals surface area (Å²) in [6.45, 7) is 0.882. The number of thiophene rings is 1. The maximum Gasteiger partial charge on any atom is 0.261 e. The van der Waals surface area contributed by atoms with E-state index in [0.29, 0.717) is 11.5 Å². The van der Waals surface area contributed by atoms with Crippen LogP contribution in [0.25, 0.3) is 0 Å². The number of carbonyl (C=O) groups is 1. The van der Waals surface area contributed by atoms with E-state index in [9.17, 15) is 9.90 Å². The van der Waals surface area contributed by atoms with Gasteiger partial charge in [-0.3, -0.25) is 4.79 Å². The Labute approximate surface area is 134 Å². The number of hydrogen-bond acceptors (Lipinski definition) is 4. The highest BCUT2D eigenvalue weighted by Crippen LogP contribution is 2.28. The van der Waals surface area contributed by atoms with Crippen molar-refractivity contribution in [2.24, 2.45) is 0 Å². The minimum Gasteiger partial charge on any atom is -0.493 e. The molecule has 0 saturated carbocycles. The fraction of sp³-hybridized carbons (Fsp3) is 0.267. The standard InChI is InChI=1S/C15H14BrNO3S/c16-11-6-14(21-8-11)15(19)17-7-12(18)9-1-2-13-10(5-9)3-4-20-13/h1-2,5-6,8,12,18H,3-4,7H2,(H,17,19)/t12-/m0/s1. The molecule has 2 heterocycles. The van der Waals surface area contributed by atoms with Gasteiger partial charge >= 0.3 is 0 Å². The normalized spacial score (nSPS) is 14.4. The summed E-state index contributed by atoms with van der Waals surface area (Å²) in [6.07, 6.45) is 0.147. The highest BCUT2D eigenvalue weighted by atomic mass is 79.9. The summed E-state index contributed by atoms with van der Waals surface area (Å²) in [5, 5.41) is 14.8. The van der Waals surface area contributed by atoms with E-state index in [2.05, 4.69) is 21.2 Å². The van der Waals surface area contributed by atoms with Crippen LogP contribution in [0.4, 0.5) is 0 Å². The van der Waals surface area contributed by atoms with E-state index in [0.717, 1.165) is 27.8 Å². The first-order valence-corrected chi connectivity index (χ1v) is 8.26. The summed E-state index contributed by atoms with van der Waals surface area (Å²) in [5.74, 6) is 0.715. The third kappa shape index (κ3) is 3.28. The number of benzene rings is 1. The first kappa shape index (κ1) is 14.6. The molecule has 1 atom stereocenters. The number of ether oxygens (including phenoxy) is 1. The fourth-order valence-corrected chi connectivity index (χ4v) is 3.58. The first-order valence-electron chi connectivity index (χ1n) is 6.59. The van der Waals surface area contributed by atoms with Gasteiger partial charge in [-0.25, -0.2) is 0 Å². The smallest absolute Gasteiger partial charge is 0.261 e. The van der Waals surface area contributed by atoms with Crippen LogP contribution < -0.4 is 10.1 Å². The number of carbonyl (C=O) groups excluding carboxylic acids is 1. The topological polar surface area (TPSA) is 58.6 Å². The number of amides is 1. The van der Waals surface area contributed by atoms with Gasteiger partial charge in [0.2, 0.25) is 0 Å². The third-order valence-electron chi connectivity index (χ3n) is 3.35. The van der Waals surface area contributed by atoms with Crippen LogP contribution in [0.5, 0.6) is 5.75 Å². The van der Waals surface area contributed by atoms with Crippen molar-refractivity contribution < 1.29 is 14.6 Å². The van der Waals surface area contributed by atoms with Crippen molar-refractivity contribution in [1.82, 2.24) is 5.32 Å². The molecule has 0 unspecified atom stereocenters. The van der Waals surface area contributed by atoms with Gasteiger partial charge in [0.15, 0.2) is 0 Å². The molecule has 3 rings (SSSR count). The summed E-state index contributed by atoms with van der Waals surface area (Å²) < 4.78 is 6.32. The van der Waals surface area contributed by atoms with E-state index < -0.39 is 6.10 Å². The molecule has 2 aromatic rings. The minimum atomic E-state index is -0.719. The van der Waals surface area contributed by atoms with Crippen molar-refractivity contribution in [1.29, 1.82) is 0 Å². The Kier molecular flexibility index (Phi) is 4.28. The van der Waals surface area contributed by atoms with E-state index in [1.807, 2.05) is 23.6 Å². The number of nitrogens with one attached hydrogen (secondary N) is 1. The SMILES string of the molecule is O=C(NC[C@H](O)c1ccc2c(c1)CCO2)c1cc(Br)cs1. The Bertz CT molecular complexity index is 671. The molecular weight excluding hydrogens is 354 g/mol. The largest absolute Gasteiger partial charge is 0.493 e. The van der Waals surface area contributed by atoms with Crippen molar-refractivity contribution in [3.05, 3.63) is 50.1 Å². The maximum absolute atomic E-state index is 11.9. The third-order valence-corrected chi connectivity index (χ3v) is 5.04. The molecule has 6 heteroatoms. The predicted octanol–water partition coefficient (Wildman–Crippen LogP) is 2.91. The highest BCUT2D eigenvalue weighted by molar-refractivity contribution is 9.10. The molecule has 0 fully saturated rings. The van der Waals surface area contributed by atoms with Gasteiger partial charge in [0.05, 0.1) is 17.6 Å². The van der Waals surface area contributed by atoms with E-state index in [1.54, 1.807) is 6.07 Å². The molecule has 1 aliphatic rings. The monoisotopic (exact) mass is 367 g/mol. The van der Waals surface area contributed by atoms with Crippen LogP contribution in [0.15, 0.2) is 34.1 Å². The van der Waals surface area contributed by atoms with E-state index in [-0.39, 0.29) is 12.5 Å². The molecule has 0 aliphatic carbocycles. The Hall–Kier alpha value is -1.37. The van der Waals surface area contributed by atoms with Crippen LogP contribution in [0.3, 0.4) is 0 Å². The lowest BCUT2D eigenvalue weighted by Gasteiger charge is -2.13. The Balaban J connectivity index is 1.61. The molecule has 4 nitrogen and oxygen atoms in total. The second-order valence-electron chi connectivity index (χ2n) is 4.82. The van der Waals surface area contributed by atoms with Gasteiger partial charge in [-0.05, 0) is 45.3 Å². The quantitative estimate of drug-likeness (QED) is 0.873. The molecule has 1 aliphatic heterocycles. The van der Waals surface area contributed by atoms with E-state index in [4.69, 9.17) is 4.74 Å². The summed E-state index contributed by atoms with van der Waals surface area (Å²) in [5.41, 5.74) is 1.91. The predicted molar refractivity (Wildman–Crippen MR) is 85.0 cm³/mol. The molecular formula is C15H14BrNO3S. The van der Waals surface area contributed by atoms with Crippen LogP contribution in [0, 0.1) is 0 Å². The Morgan fingerprint density at radius 1 is 1.48 bits per heavy atom. The minimum absolute atomic E-state index is 0.172. The Morgan fingerprint density at radius 3 is 3.10 bits per heavy atom. The summed E-state index contributed by atoms with van der Waals surface area (Å²) in [6, 6.07) is 7.42. The summed E-state index contributed by atoms with van der Waals surface area (Å²) in [4.78, 5) is 12.6. The lowest BCUT2D eigenvalue weighted by Crippen LogP contribution is -2.27. The maximum atomic E-state index is 11.9. The highest BCUT2D eigenvalue weighted by Gasteiger charge is 2.16. The number of rotatable bonds is 4. The summed E-state index contributed by atoms with van der Waals surface area (Å²) in [7, 11) is 0. The number of aliphatic hydroxyl groups is 1. The van der Waals surface area contributed by atoms with Crippen molar-refractivity contribution in [3.8, 4) is 5.75 Å². The van der Waals surface area contributed by atoms with Crippen LogP contribution in [-0.4, -0.2) is 24.2 Å². The second-order valence-corrected chi connectivity index (χ2v) is 6.65. The van der Waals surface area contributed by atoms with Gasteiger partial charge in [-0.2, -0.15) is 0 Å². The van der Waals surface area contributed by atoms with Gasteiger partial charge in [0, 0.05) is 22.8 Å². The zero-order valence-electron chi connectivity index (χ0n) is 11.1.